The molecule has 128 valence electrons. The summed E-state index contributed by atoms with van der Waals surface area (Å²) in [6.07, 6.45) is -1.03. The molecule has 0 aromatic heterocycles. The van der Waals surface area contributed by atoms with Crippen molar-refractivity contribution in [1.29, 1.82) is 0 Å². The van der Waals surface area contributed by atoms with E-state index in [4.69, 9.17) is 4.74 Å². The number of aliphatic hydroxyl groups is 2. The Labute approximate surface area is 142 Å². The molecule has 3 rings (SSSR count). The Morgan fingerprint density at radius 2 is 1.54 bits per heavy atom. The zero-order valence-electron chi connectivity index (χ0n) is 13.7. The standard InChI is InChI=1S/C19H23O4P/c1-2-16(21)19(18-17(13-20)23-18)24(22,14-9-5-3-6-10-14)15-11-7-4-8-12-15/h3-12,16-21H,2,13H2,1H3/t16-,17-,18+,19+/m1/s1. The zero-order valence-corrected chi connectivity index (χ0v) is 14.5. The van der Waals surface area contributed by atoms with Gasteiger partial charge in [0.2, 0.25) is 0 Å². The first-order chi connectivity index (χ1) is 11.6. The highest BCUT2D eigenvalue weighted by Gasteiger charge is 2.55. The number of hydrogen-bond donors (Lipinski definition) is 2. The van der Waals surface area contributed by atoms with Gasteiger partial charge in [-0.3, -0.25) is 0 Å². The quantitative estimate of drug-likeness (QED) is 0.593. The molecule has 2 aromatic carbocycles. The van der Waals surface area contributed by atoms with Gasteiger partial charge < -0.3 is 19.5 Å². The van der Waals surface area contributed by atoms with Gasteiger partial charge in [-0.15, -0.1) is 0 Å². The second-order valence-electron chi connectivity index (χ2n) is 6.12. The van der Waals surface area contributed by atoms with Crippen LogP contribution in [0.3, 0.4) is 0 Å². The van der Waals surface area contributed by atoms with Crippen molar-refractivity contribution in [2.75, 3.05) is 6.61 Å². The third kappa shape index (κ3) is 3.07. The van der Waals surface area contributed by atoms with Crippen LogP contribution in [0.5, 0.6) is 0 Å². The Morgan fingerprint density at radius 3 is 1.92 bits per heavy atom. The minimum Gasteiger partial charge on any atom is -0.394 e. The molecule has 0 unspecified atom stereocenters. The highest BCUT2D eigenvalue weighted by molar-refractivity contribution is 7.79. The average molecular weight is 346 g/mol. The van der Waals surface area contributed by atoms with Crippen molar-refractivity contribution in [1.82, 2.24) is 0 Å². The lowest BCUT2D eigenvalue weighted by Gasteiger charge is -2.31. The fourth-order valence-electron chi connectivity index (χ4n) is 3.31. The molecule has 1 aliphatic rings. The van der Waals surface area contributed by atoms with Gasteiger partial charge in [0, 0.05) is 10.6 Å². The summed E-state index contributed by atoms with van der Waals surface area (Å²) in [5.41, 5.74) is -0.565. The molecule has 1 heterocycles. The van der Waals surface area contributed by atoms with E-state index in [0.717, 1.165) is 0 Å². The van der Waals surface area contributed by atoms with E-state index in [1.54, 1.807) is 0 Å². The summed E-state index contributed by atoms with van der Waals surface area (Å²) in [7, 11) is -3.14. The van der Waals surface area contributed by atoms with Crippen LogP contribution >= 0.6 is 7.14 Å². The van der Waals surface area contributed by atoms with Crippen molar-refractivity contribution in [3.63, 3.8) is 0 Å². The largest absolute Gasteiger partial charge is 0.394 e. The van der Waals surface area contributed by atoms with Crippen molar-refractivity contribution < 1.29 is 19.5 Å². The summed E-state index contributed by atoms with van der Waals surface area (Å²) >= 11 is 0. The molecule has 0 aliphatic carbocycles. The highest BCUT2D eigenvalue weighted by atomic mass is 31.2. The molecule has 2 aromatic rings. The lowest BCUT2D eigenvalue weighted by molar-refractivity contribution is 0.151. The van der Waals surface area contributed by atoms with Gasteiger partial charge in [-0.05, 0) is 6.42 Å². The Bertz CT molecular complexity index is 660. The van der Waals surface area contributed by atoms with Gasteiger partial charge in [-0.25, -0.2) is 0 Å². The molecule has 0 spiro atoms. The minimum atomic E-state index is -3.14. The van der Waals surface area contributed by atoms with Crippen molar-refractivity contribution in [2.24, 2.45) is 0 Å². The SMILES string of the molecule is CC[C@@H](O)[C@@H]([C@H]1O[C@@H]1CO)P(=O)(c1ccccc1)c1ccccc1. The molecule has 0 saturated carbocycles. The maximum absolute atomic E-state index is 14.3. The summed E-state index contributed by atoms with van der Waals surface area (Å²) in [4.78, 5) is 0. The van der Waals surface area contributed by atoms with Crippen LogP contribution in [0.4, 0.5) is 0 Å². The summed E-state index contributed by atoms with van der Waals surface area (Å²) in [6.45, 7) is 1.75. The smallest absolute Gasteiger partial charge is 0.151 e. The van der Waals surface area contributed by atoms with Crippen molar-refractivity contribution >= 4 is 17.8 Å². The fourth-order valence-corrected chi connectivity index (χ4v) is 6.89. The molecular formula is C19H23O4P. The molecule has 4 nitrogen and oxygen atoms in total. The normalized spacial score (nSPS) is 22.8. The lowest BCUT2D eigenvalue weighted by Crippen LogP contribution is -2.39. The number of ether oxygens (including phenoxy) is 1. The van der Waals surface area contributed by atoms with Crippen molar-refractivity contribution in [3.05, 3.63) is 60.7 Å². The summed E-state index contributed by atoms with van der Waals surface area (Å²) in [6, 6.07) is 18.6. The lowest BCUT2D eigenvalue weighted by atomic mass is 10.1. The number of rotatable bonds is 7. The molecule has 0 bridgehead atoms. The molecule has 1 saturated heterocycles. The molecule has 0 radical (unpaired) electrons. The Balaban J connectivity index is 2.14. The monoisotopic (exact) mass is 346 g/mol. The van der Waals surface area contributed by atoms with Crippen LogP contribution in [-0.4, -0.2) is 40.8 Å². The number of epoxide rings is 1. The van der Waals surface area contributed by atoms with Crippen LogP contribution in [0.2, 0.25) is 0 Å². The molecular weight excluding hydrogens is 323 g/mol. The van der Waals surface area contributed by atoms with E-state index in [-0.39, 0.29) is 12.7 Å². The van der Waals surface area contributed by atoms with Crippen molar-refractivity contribution in [3.8, 4) is 0 Å². The second kappa shape index (κ2) is 7.20. The van der Waals surface area contributed by atoms with Gasteiger partial charge in [0.05, 0.1) is 24.5 Å². The maximum atomic E-state index is 14.3. The average Bonchev–Trinajstić information content (AvgIpc) is 3.42. The highest BCUT2D eigenvalue weighted by Crippen LogP contribution is 2.55. The van der Waals surface area contributed by atoms with E-state index in [1.165, 1.54) is 0 Å². The van der Waals surface area contributed by atoms with Gasteiger partial charge in [-0.1, -0.05) is 67.6 Å². The number of benzene rings is 2. The van der Waals surface area contributed by atoms with Crippen LogP contribution in [0.25, 0.3) is 0 Å². The summed E-state index contributed by atoms with van der Waals surface area (Å²) < 4.78 is 19.9. The van der Waals surface area contributed by atoms with E-state index < -0.39 is 25.0 Å². The van der Waals surface area contributed by atoms with Crippen LogP contribution in [0.15, 0.2) is 60.7 Å². The third-order valence-corrected chi connectivity index (χ3v) is 8.26. The first-order valence-corrected chi connectivity index (χ1v) is 10.1. The fraction of sp³-hybridized carbons (Fsp3) is 0.368. The van der Waals surface area contributed by atoms with Gasteiger partial charge in [-0.2, -0.15) is 0 Å². The Morgan fingerprint density at radius 1 is 1.04 bits per heavy atom. The van der Waals surface area contributed by atoms with E-state index in [2.05, 4.69) is 0 Å². The van der Waals surface area contributed by atoms with E-state index in [0.29, 0.717) is 17.0 Å². The first kappa shape index (κ1) is 17.4. The molecule has 2 N–H and O–H groups in total. The maximum Gasteiger partial charge on any atom is 0.151 e. The predicted octanol–water partition coefficient (Wildman–Crippen LogP) is 1.90. The van der Waals surface area contributed by atoms with E-state index in [9.17, 15) is 14.8 Å². The minimum absolute atomic E-state index is 0.124. The van der Waals surface area contributed by atoms with Gasteiger partial charge in [0.25, 0.3) is 0 Å². The molecule has 1 aliphatic heterocycles. The summed E-state index contributed by atoms with van der Waals surface area (Å²) in [5.74, 6) is 0. The Kier molecular flexibility index (Phi) is 5.21. The molecule has 1 fully saturated rings. The number of aliphatic hydroxyl groups excluding tert-OH is 2. The van der Waals surface area contributed by atoms with Crippen LogP contribution in [0.1, 0.15) is 13.3 Å². The zero-order chi connectivity index (χ0) is 17.2. The first-order valence-electron chi connectivity index (χ1n) is 8.28. The Hall–Kier alpha value is -1.45. The van der Waals surface area contributed by atoms with Crippen LogP contribution < -0.4 is 10.6 Å². The van der Waals surface area contributed by atoms with E-state index in [1.807, 2.05) is 67.6 Å². The third-order valence-electron chi connectivity index (χ3n) is 4.65. The van der Waals surface area contributed by atoms with Gasteiger partial charge in [0.1, 0.15) is 6.10 Å². The van der Waals surface area contributed by atoms with Gasteiger partial charge >= 0.3 is 0 Å². The van der Waals surface area contributed by atoms with Crippen LogP contribution in [0, 0.1) is 0 Å². The number of hydrogen-bond acceptors (Lipinski definition) is 4. The molecule has 5 heteroatoms. The van der Waals surface area contributed by atoms with Crippen LogP contribution in [-0.2, 0) is 9.30 Å². The molecule has 0 amide bonds. The summed E-state index contributed by atoms with van der Waals surface area (Å²) in [5, 5.41) is 21.5. The van der Waals surface area contributed by atoms with Gasteiger partial charge in [0.15, 0.2) is 7.14 Å². The molecule has 24 heavy (non-hydrogen) atoms. The van der Waals surface area contributed by atoms with E-state index >= 15 is 0 Å². The van der Waals surface area contributed by atoms with Crippen molar-refractivity contribution in [2.45, 2.75) is 37.3 Å². The topological polar surface area (TPSA) is 70.1 Å². The predicted molar refractivity (Wildman–Crippen MR) is 95.6 cm³/mol. The second-order valence-corrected chi connectivity index (χ2v) is 9.06. The molecule has 4 atom stereocenters.